The van der Waals surface area contributed by atoms with Crippen molar-refractivity contribution in [2.24, 2.45) is 0 Å². The van der Waals surface area contributed by atoms with E-state index in [1.165, 1.54) is 148 Å². The lowest BCUT2D eigenvalue weighted by atomic mass is 9.99. The van der Waals surface area contributed by atoms with E-state index in [1.54, 1.807) is 0 Å². The normalized spacial score (nSPS) is 19.0. The summed E-state index contributed by atoms with van der Waals surface area (Å²) in [7, 11) is -5.08. The summed E-state index contributed by atoms with van der Waals surface area (Å²) in [5.74, 6) is -0.429. The SMILES string of the molecule is CC/C=C\C/C=C\C/C=C\C/C=C\C/C=C\C/C=C\C/C=C\CCCCCC(=O)OC(COCCCCCCCCCCCCCCCCCCCCCCCCCCCC)COC1OC(CO)C(O)C(OS(=O)(=O)O)C1O. The van der Waals surface area contributed by atoms with Crippen LogP contribution >= 0.6 is 0 Å². The fourth-order valence-corrected chi connectivity index (χ4v) is 9.87. The summed E-state index contributed by atoms with van der Waals surface area (Å²) in [6.45, 7) is 3.88. The first-order chi connectivity index (χ1) is 38.1. The van der Waals surface area contributed by atoms with Gasteiger partial charge in [-0.3, -0.25) is 9.35 Å². The molecular formula is C65H114O12S. The molecular weight excluding hydrogens is 1000 g/mol. The molecule has 0 aromatic heterocycles. The van der Waals surface area contributed by atoms with E-state index in [9.17, 15) is 33.1 Å². The fraction of sp³-hybridized carbons (Fsp3) is 0.769. The van der Waals surface area contributed by atoms with Crippen LogP contribution in [0.5, 0.6) is 0 Å². The van der Waals surface area contributed by atoms with E-state index in [1.807, 2.05) is 0 Å². The second-order valence-electron chi connectivity index (χ2n) is 21.3. The molecule has 0 amide bonds. The highest BCUT2D eigenvalue weighted by molar-refractivity contribution is 7.80. The van der Waals surface area contributed by atoms with Gasteiger partial charge in [-0.15, -0.1) is 0 Å². The van der Waals surface area contributed by atoms with E-state index in [0.29, 0.717) is 13.0 Å². The Kier molecular flexibility index (Phi) is 51.5. The molecule has 1 aliphatic rings. The van der Waals surface area contributed by atoms with Crippen LogP contribution in [0.15, 0.2) is 85.1 Å². The Hall–Kier alpha value is -2.72. The maximum Gasteiger partial charge on any atom is 0.397 e. The van der Waals surface area contributed by atoms with E-state index in [2.05, 4.69) is 103 Å². The number of aliphatic hydroxyl groups excluding tert-OH is 3. The summed E-state index contributed by atoms with van der Waals surface area (Å²) in [5.41, 5.74) is 0. The molecule has 13 heteroatoms. The molecule has 0 aromatic rings. The van der Waals surface area contributed by atoms with Gasteiger partial charge in [0.25, 0.3) is 0 Å². The molecule has 6 atom stereocenters. The van der Waals surface area contributed by atoms with Gasteiger partial charge in [-0.25, -0.2) is 4.18 Å². The van der Waals surface area contributed by atoms with Gasteiger partial charge in [0.05, 0.1) is 19.8 Å². The van der Waals surface area contributed by atoms with E-state index < -0.39 is 59.8 Å². The molecule has 1 aliphatic heterocycles. The summed E-state index contributed by atoms with van der Waals surface area (Å²) in [6.07, 6.45) is 66.3. The third-order valence-electron chi connectivity index (χ3n) is 14.0. The topological polar surface area (TPSA) is 178 Å². The van der Waals surface area contributed by atoms with Crippen molar-refractivity contribution in [3.05, 3.63) is 85.1 Å². The van der Waals surface area contributed by atoms with Crippen molar-refractivity contribution in [2.45, 2.75) is 295 Å². The van der Waals surface area contributed by atoms with Crippen LogP contribution in [0.2, 0.25) is 0 Å². The Morgan fingerprint density at radius 3 is 1.28 bits per heavy atom. The molecule has 0 bridgehead atoms. The zero-order chi connectivity index (χ0) is 56.7. The van der Waals surface area contributed by atoms with Crippen LogP contribution in [0, 0.1) is 0 Å². The van der Waals surface area contributed by atoms with Gasteiger partial charge in [0.1, 0.15) is 30.5 Å². The second kappa shape index (κ2) is 54.8. The molecule has 78 heavy (non-hydrogen) atoms. The van der Waals surface area contributed by atoms with Crippen LogP contribution in [0.1, 0.15) is 258 Å². The Morgan fingerprint density at radius 2 is 0.885 bits per heavy atom. The molecule has 0 radical (unpaired) electrons. The maximum atomic E-state index is 13.0. The van der Waals surface area contributed by atoms with E-state index in [-0.39, 0.29) is 19.6 Å². The molecule has 1 saturated heterocycles. The molecule has 0 saturated carbocycles. The summed E-state index contributed by atoms with van der Waals surface area (Å²) < 4.78 is 59.5. The van der Waals surface area contributed by atoms with Crippen LogP contribution in [-0.2, 0) is 38.3 Å². The minimum Gasteiger partial charge on any atom is -0.457 e. The summed E-state index contributed by atoms with van der Waals surface area (Å²) >= 11 is 0. The number of aliphatic hydroxyl groups is 3. The number of carbonyl (C=O) groups is 1. The van der Waals surface area contributed by atoms with E-state index in [4.69, 9.17) is 18.9 Å². The first kappa shape index (κ1) is 73.3. The van der Waals surface area contributed by atoms with Crippen LogP contribution < -0.4 is 0 Å². The minimum absolute atomic E-state index is 0.0204. The second-order valence-corrected chi connectivity index (χ2v) is 22.3. The quantitative estimate of drug-likeness (QED) is 0.0196. The third-order valence-corrected chi connectivity index (χ3v) is 14.5. The predicted molar refractivity (Wildman–Crippen MR) is 322 cm³/mol. The molecule has 12 nitrogen and oxygen atoms in total. The highest BCUT2D eigenvalue weighted by Gasteiger charge is 2.48. The molecule has 1 rings (SSSR count). The number of hydrogen-bond donors (Lipinski definition) is 4. The average Bonchev–Trinajstić information content (AvgIpc) is 3.46. The van der Waals surface area contributed by atoms with Crippen molar-refractivity contribution in [1.29, 1.82) is 0 Å². The van der Waals surface area contributed by atoms with Gasteiger partial charge in [-0.05, 0) is 70.6 Å². The first-order valence-electron chi connectivity index (χ1n) is 31.3. The Bertz CT molecular complexity index is 1670. The lowest BCUT2D eigenvalue weighted by Crippen LogP contribution is -2.60. The van der Waals surface area contributed by atoms with Gasteiger partial charge in [0, 0.05) is 13.0 Å². The van der Waals surface area contributed by atoms with E-state index >= 15 is 0 Å². The smallest absolute Gasteiger partial charge is 0.397 e. The zero-order valence-corrected chi connectivity index (χ0v) is 50.0. The summed E-state index contributed by atoms with van der Waals surface area (Å²) in [5, 5.41) is 30.9. The molecule has 0 aromatic carbocycles. The molecule has 6 unspecified atom stereocenters. The largest absolute Gasteiger partial charge is 0.457 e. The van der Waals surface area contributed by atoms with Gasteiger partial charge < -0.3 is 34.3 Å². The number of unbranched alkanes of at least 4 members (excludes halogenated alkanes) is 28. The average molecular weight is 1120 g/mol. The first-order valence-corrected chi connectivity index (χ1v) is 32.7. The van der Waals surface area contributed by atoms with Crippen molar-refractivity contribution >= 4 is 16.4 Å². The predicted octanol–water partition coefficient (Wildman–Crippen LogP) is 16.3. The van der Waals surface area contributed by atoms with Gasteiger partial charge >= 0.3 is 16.4 Å². The minimum atomic E-state index is -5.08. The van der Waals surface area contributed by atoms with Crippen molar-refractivity contribution < 1.29 is 56.2 Å². The molecule has 1 fully saturated rings. The van der Waals surface area contributed by atoms with Gasteiger partial charge in [0.2, 0.25) is 0 Å². The standard InChI is InChI=1S/C65H114O12S/c1-3-5-7-9-11-13-15-17-19-21-23-25-27-29-31-33-35-37-39-41-43-45-47-49-51-53-55-73-57-59(58-74-65-63(69)64(77-78(70,71)72)62(68)60(56-66)76-65)75-61(67)54-52-50-48-46-44-42-40-38-36-34-32-30-28-26-24-22-20-18-16-14-12-10-8-6-4-2/h6,8,12,14,18,20,24,26,30,32,36,38,42,44,59-60,62-66,68-69H,3-5,7,9-11,13,15-17,19,21-23,25,27-29,31,33-35,37,39-41,43,45-58H2,1-2H3,(H,70,71,72)/b8-6-,14-12-,20-18-,26-24-,32-30-,38-36-,44-42-. The van der Waals surface area contributed by atoms with Crippen LogP contribution in [0.4, 0.5) is 0 Å². The van der Waals surface area contributed by atoms with Crippen LogP contribution in [-0.4, -0.2) is 97.5 Å². The zero-order valence-electron chi connectivity index (χ0n) is 49.2. The maximum absolute atomic E-state index is 13.0. The van der Waals surface area contributed by atoms with Crippen LogP contribution in [0.3, 0.4) is 0 Å². The number of ether oxygens (including phenoxy) is 4. The lowest BCUT2D eigenvalue weighted by molar-refractivity contribution is -0.301. The highest BCUT2D eigenvalue weighted by atomic mass is 32.3. The molecule has 452 valence electrons. The van der Waals surface area contributed by atoms with Crippen LogP contribution in [0.25, 0.3) is 0 Å². The third kappa shape index (κ3) is 47.0. The lowest BCUT2D eigenvalue weighted by Gasteiger charge is -2.41. The summed E-state index contributed by atoms with van der Waals surface area (Å²) in [4.78, 5) is 13.0. The molecule has 4 N–H and O–H groups in total. The van der Waals surface area contributed by atoms with Crippen molar-refractivity contribution in [3.63, 3.8) is 0 Å². The van der Waals surface area contributed by atoms with Crippen molar-refractivity contribution in [1.82, 2.24) is 0 Å². The highest BCUT2D eigenvalue weighted by Crippen LogP contribution is 2.26. The number of carbonyl (C=O) groups excluding carboxylic acids is 1. The molecule has 0 spiro atoms. The van der Waals surface area contributed by atoms with Crippen molar-refractivity contribution in [2.75, 3.05) is 26.4 Å². The number of esters is 1. The fourth-order valence-electron chi connectivity index (χ4n) is 9.36. The van der Waals surface area contributed by atoms with Gasteiger partial charge in [-0.1, -0.05) is 266 Å². The molecule has 0 aliphatic carbocycles. The van der Waals surface area contributed by atoms with E-state index in [0.717, 1.165) is 83.5 Å². The Balaban J connectivity index is 2.29. The number of hydrogen-bond acceptors (Lipinski definition) is 11. The number of rotatable bonds is 55. The summed E-state index contributed by atoms with van der Waals surface area (Å²) in [6, 6.07) is 0. The van der Waals surface area contributed by atoms with Crippen molar-refractivity contribution in [3.8, 4) is 0 Å². The van der Waals surface area contributed by atoms with Gasteiger partial charge in [0.15, 0.2) is 6.29 Å². The molecule has 1 heterocycles. The number of allylic oxidation sites excluding steroid dienone is 14. The monoisotopic (exact) mass is 1120 g/mol. The Morgan fingerprint density at radius 1 is 0.500 bits per heavy atom. The Labute approximate surface area is 476 Å². The van der Waals surface area contributed by atoms with Gasteiger partial charge in [-0.2, -0.15) is 8.42 Å².